The molecule has 18 heteroatoms. The van der Waals surface area contributed by atoms with Crippen LogP contribution in [0.2, 0.25) is 0 Å². The third kappa shape index (κ3) is 42.1. The van der Waals surface area contributed by atoms with Crippen LogP contribution in [0.5, 0.6) is 0 Å². The first-order valence-electron chi connectivity index (χ1n) is 34.8. The fraction of sp³-hybridized carbons (Fsp3) is 0.726. The number of esters is 8. The Bertz CT molecular complexity index is 2200. The smallest absolute Gasteiger partial charge is 0.313 e. The Morgan fingerprint density at radius 3 is 1.52 bits per heavy atom. The molecule has 2 N–H and O–H groups in total. The van der Waals surface area contributed by atoms with E-state index in [4.69, 9.17) is 43.0 Å². The zero-order valence-electron chi connectivity index (χ0n) is 56.0. The van der Waals surface area contributed by atoms with Crippen molar-refractivity contribution >= 4 is 47.8 Å². The minimum Gasteiger partial charge on any atom is -0.463 e. The number of unbranched alkanes of at least 4 members (excludes halogenated alkanes) is 21. The number of rotatable bonds is 54. The normalized spacial score (nSPS) is 17.8. The lowest BCUT2D eigenvalue weighted by atomic mass is 9.84. The van der Waals surface area contributed by atoms with E-state index in [0.29, 0.717) is 19.3 Å². The van der Waals surface area contributed by atoms with Crippen LogP contribution in [0.3, 0.4) is 0 Å². The SMILES string of the molecule is CCCCCCCCC(/C=C/CCCCCCC(=O)OC(COC(=O)CCCCCCC/C=C\C=C\C(CCCCC)C1CC(=O)OCOC1=O)COC(=O)CCCCCCC/C=C\C/C=C\C=C\C(CC)C(C)C(=O)OCC(O)CO)C1CC(=O)OCOC1=O. The minimum absolute atomic E-state index is 0.00843. The lowest BCUT2D eigenvalue weighted by Gasteiger charge is -2.20. The standard InChI is InChI=1S/C73H116O18/c1-5-8-10-11-27-36-45-61(65-51-70(80)88-57-90-73(65)83)46-38-30-25-26-33-41-49-68(78)91-63(54-84-66(76)47-39-31-23-19-15-13-12-14-17-21-28-35-42-59(7-3)58(4)71(81)86-53-62(75)52-74)55-85-67(77)48-40-32-24-20-16-18-22-29-37-44-60(43-34-9-6-2)64-50-69(79)87-56-89-72(64)82/h12,14,21-22,28-29,35,37-38,42,44,46,58-65,74-75H,5-11,13,15-20,23-27,30-34,36,39-41,43,45,47-57H2,1-4H3/b14-12-,28-21-,29-22-,42-35+,44-37+,46-38+. The molecule has 2 aliphatic rings. The second-order valence-corrected chi connectivity index (χ2v) is 24.3. The highest BCUT2D eigenvalue weighted by Crippen LogP contribution is 2.30. The van der Waals surface area contributed by atoms with Crippen LogP contribution in [0, 0.1) is 35.5 Å². The monoisotopic (exact) mass is 1280 g/mol. The highest BCUT2D eigenvalue weighted by atomic mass is 16.7. The largest absolute Gasteiger partial charge is 0.463 e. The van der Waals surface area contributed by atoms with Crippen LogP contribution in [0.1, 0.15) is 252 Å². The molecule has 0 bridgehead atoms. The third-order valence-electron chi connectivity index (χ3n) is 16.6. The van der Waals surface area contributed by atoms with Crippen LogP contribution in [0.15, 0.2) is 72.9 Å². The lowest BCUT2D eigenvalue weighted by Crippen LogP contribution is -2.30. The molecule has 8 atom stereocenters. The summed E-state index contributed by atoms with van der Waals surface area (Å²) in [6.07, 6.45) is 50.7. The molecule has 0 aliphatic carbocycles. The van der Waals surface area contributed by atoms with Gasteiger partial charge in [-0.05, 0) is 101 Å². The number of aliphatic hydroxyl groups excluding tert-OH is 2. The molecule has 0 aromatic rings. The summed E-state index contributed by atoms with van der Waals surface area (Å²) in [5.41, 5.74) is 0. The summed E-state index contributed by atoms with van der Waals surface area (Å²) in [6, 6.07) is 0. The summed E-state index contributed by atoms with van der Waals surface area (Å²) in [7, 11) is 0. The Balaban J connectivity index is 1.81. The fourth-order valence-corrected chi connectivity index (χ4v) is 10.9. The fourth-order valence-electron chi connectivity index (χ4n) is 10.9. The molecule has 2 aliphatic heterocycles. The van der Waals surface area contributed by atoms with Crippen molar-refractivity contribution in [1.29, 1.82) is 0 Å². The molecule has 8 unspecified atom stereocenters. The summed E-state index contributed by atoms with van der Waals surface area (Å²) in [5.74, 6) is -5.00. The van der Waals surface area contributed by atoms with Gasteiger partial charge in [0.1, 0.15) is 25.9 Å². The predicted molar refractivity (Wildman–Crippen MR) is 350 cm³/mol. The second kappa shape index (κ2) is 54.7. The maximum atomic E-state index is 13.1. The van der Waals surface area contributed by atoms with Crippen LogP contribution in [-0.2, 0) is 76.3 Å². The Hall–Kier alpha value is -5.88. The van der Waals surface area contributed by atoms with E-state index in [9.17, 15) is 43.5 Å². The van der Waals surface area contributed by atoms with E-state index in [1.165, 1.54) is 19.3 Å². The zero-order valence-corrected chi connectivity index (χ0v) is 56.0. The van der Waals surface area contributed by atoms with E-state index in [0.717, 1.165) is 154 Å². The molecule has 0 amide bonds. The van der Waals surface area contributed by atoms with Crippen LogP contribution >= 0.6 is 0 Å². The van der Waals surface area contributed by atoms with Gasteiger partial charge in [-0.3, -0.25) is 38.4 Å². The topological polar surface area (TPSA) is 251 Å². The van der Waals surface area contributed by atoms with Crippen molar-refractivity contribution in [3.63, 3.8) is 0 Å². The molecule has 0 saturated carbocycles. The van der Waals surface area contributed by atoms with E-state index in [2.05, 4.69) is 44.2 Å². The Labute approximate surface area is 545 Å². The van der Waals surface area contributed by atoms with Gasteiger partial charge in [-0.25, -0.2) is 0 Å². The Morgan fingerprint density at radius 1 is 0.495 bits per heavy atom. The molecule has 2 fully saturated rings. The molecule has 91 heavy (non-hydrogen) atoms. The zero-order chi connectivity index (χ0) is 66.4. The van der Waals surface area contributed by atoms with Crippen molar-refractivity contribution in [2.75, 3.05) is 40.0 Å². The van der Waals surface area contributed by atoms with Gasteiger partial charge in [0, 0.05) is 19.3 Å². The molecule has 2 heterocycles. The first-order valence-corrected chi connectivity index (χ1v) is 34.8. The van der Waals surface area contributed by atoms with Crippen LogP contribution in [0.25, 0.3) is 0 Å². The van der Waals surface area contributed by atoms with Crippen LogP contribution in [-0.4, -0.2) is 110 Å². The highest BCUT2D eigenvalue weighted by molar-refractivity contribution is 5.82. The van der Waals surface area contributed by atoms with Crippen LogP contribution in [0.4, 0.5) is 0 Å². The van der Waals surface area contributed by atoms with Crippen molar-refractivity contribution in [3.05, 3.63) is 72.9 Å². The second-order valence-electron chi connectivity index (χ2n) is 24.3. The number of hydrogen-bond acceptors (Lipinski definition) is 18. The molecule has 18 nitrogen and oxygen atoms in total. The van der Waals surface area contributed by atoms with E-state index >= 15 is 0 Å². The molecule has 0 radical (unpaired) electrons. The van der Waals surface area contributed by atoms with Crippen molar-refractivity contribution in [1.82, 2.24) is 0 Å². The number of allylic oxidation sites excluding steroid dienone is 12. The number of carbonyl (C=O) groups excluding carboxylic acids is 8. The van der Waals surface area contributed by atoms with Gasteiger partial charge in [-0.15, -0.1) is 0 Å². The van der Waals surface area contributed by atoms with Gasteiger partial charge in [0.05, 0.1) is 37.2 Å². The summed E-state index contributed by atoms with van der Waals surface area (Å²) in [5, 5.41) is 18.4. The number of cyclic esters (lactones) is 4. The molecule has 2 saturated heterocycles. The minimum atomic E-state index is -1.08. The van der Waals surface area contributed by atoms with Crippen molar-refractivity contribution in [2.45, 2.75) is 265 Å². The first-order chi connectivity index (χ1) is 44.2. The van der Waals surface area contributed by atoms with Crippen LogP contribution < -0.4 is 0 Å². The average molecular weight is 1280 g/mol. The van der Waals surface area contributed by atoms with Crippen molar-refractivity contribution in [3.8, 4) is 0 Å². The van der Waals surface area contributed by atoms with Crippen molar-refractivity contribution < 1.29 is 86.5 Å². The maximum Gasteiger partial charge on any atom is 0.313 e. The van der Waals surface area contributed by atoms with Gasteiger partial charge in [0.2, 0.25) is 13.6 Å². The van der Waals surface area contributed by atoms with E-state index in [-0.39, 0.29) is 89.2 Å². The van der Waals surface area contributed by atoms with E-state index < -0.39 is 78.4 Å². The molecule has 0 spiro atoms. The maximum absolute atomic E-state index is 13.1. The van der Waals surface area contributed by atoms with Gasteiger partial charge in [-0.2, -0.15) is 0 Å². The summed E-state index contributed by atoms with van der Waals surface area (Å²) >= 11 is 0. The summed E-state index contributed by atoms with van der Waals surface area (Å²) < 4.78 is 42.3. The van der Waals surface area contributed by atoms with Gasteiger partial charge < -0.3 is 48.1 Å². The van der Waals surface area contributed by atoms with Crippen molar-refractivity contribution in [2.24, 2.45) is 35.5 Å². The number of aliphatic hydroxyl groups is 2. The first kappa shape index (κ1) is 81.2. The van der Waals surface area contributed by atoms with E-state index in [1.807, 2.05) is 49.5 Å². The molecule has 2 rings (SSSR count). The molecular formula is C73H116O18. The summed E-state index contributed by atoms with van der Waals surface area (Å²) in [4.78, 5) is 101. The molecule has 0 aromatic carbocycles. The predicted octanol–water partition coefficient (Wildman–Crippen LogP) is 14.8. The van der Waals surface area contributed by atoms with Gasteiger partial charge >= 0.3 is 47.8 Å². The number of ether oxygens (including phenoxy) is 8. The van der Waals surface area contributed by atoms with Gasteiger partial charge in [0.25, 0.3) is 0 Å². The molecule has 516 valence electrons. The van der Waals surface area contributed by atoms with E-state index in [1.54, 1.807) is 6.92 Å². The molecular weight excluding hydrogens is 1160 g/mol. The average Bonchev–Trinajstić information content (AvgIpc) is 4.03. The number of carbonyl (C=O) groups is 8. The Morgan fingerprint density at radius 2 is 0.956 bits per heavy atom. The van der Waals surface area contributed by atoms with Gasteiger partial charge in [0.15, 0.2) is 6.10 Å². The number of hydrogen-bond donors (Lipinski definition) is 2. The molecule has 0 aromatic heterocycles. The highest BCUT2D eigenvalue weighted by Gasteiger charge is 2.35. The third-order valence-corrected chi connectivity index (χ3v) is 16.6. The summed E-state index contributed by atoms with van der Waals surface area (Å²) in [6.45, 7) is 6.32. The van der Waals surface area contributed by atoms with Gasteiger partial charge in [-0.1, -0.05) is 210 Å². The Kier molecular flexibility index (Phi) is 48.8. The lowest BCUT2D eigenvalue weighted by molar-refractivity contribution is -0.167. The quantitative estimate of drug-likeness (QED) is 0.0189.